The highest BCUT2D eigenvalue weighted by Crippen LogP contribution is 2.33. The van der Waals surface area contributed by atoms with E-state index in [1.54, 1.807) is 0 Å². The standard InChI is InChI=1S/C14H19BrClN/c1-4-10(3)9-13(17-5-2)11-7-6-8-12(15)14(11)16/h6-8,13,17H,3-5,9H2,1-2H3. The van der Waals surface area contributed by atoms with Crippen molar-refractivity contribution in [2.75, 3.05) is 6.54 Å². The molecule has 1 aromatic carbocycles. The first-order valence-electron chi connectivity index (χ1n) is 5.94. The third-order valence-corrected chi connectivity index (χ3v) is 4.11. The van der Waals surface area contributed by atoms with Gasteiger partial charge < -0.3 is 5.32 Å². The Morgan fingerprint density at radius 2 is 2.18 bits per heavy atom. The van der Waals surface area contributed by atoms with Crippen LogP contribution in [-0.4, -0.2) is 6.54 Å². The van der Waals surface area contributed by atoms with E-state index in [1.807, 2.05) is 12.1 Å². The average molecular weight is 317 g/mol. The van der Waals surface area contributed by atoms with Crippen molar-refractivity contribution in [2.24, 2.45) is 0 Å². The summed E-state index contributed by atoms with van der Waals surface area (Å²) < 4.78 is 0.946. The van der Waals surface area contributed by atoms with Gasteiger partial charge in [0.15, 0.2) is 0 Å². The Kier molecular flexibility index (Phi) is 6.24. The van der Waals surface area contributed by atoms with Gasteiger partial charge in [-0.05, 0) is 46.9 Å². The lowest BCUT2D eigenvalue weighted by molar-refractivity contribution is 0.543. The molecule has 0 amide bonds. The zero-order valence-corrected chi connectivity index (χ0v) is 12.7. The van der Waals surface area contributed by atoms with Crippen molar-refractivity contribution in [1.82, 2.24) is 5.32 Å². The van der Waals surface area contributed by atoms with Crippen LogP contribution in [0.5, 0.6) is 0 Å². The average Bonchev–Trinajstić information content (AvgIpc) is 2.32. The van der Waals surface area contributed by atoms with Crippen LogP contribution in [-0.2, 0) is 0 Å². The van der Waals surface area contributed by atoms with E-state index >= 15 is 0 Å². The van der Waals surface area contributed by atoms with E-state index in [-0.39, 0.29) is 6.04 Å². The summed E-state index contributed by atoms with van der Waals surface area (Å²) in [5, 5.41) is 4.26. The predicted molar refractivity (Wildman–Crippen MR) is 79.6 cm³/mol. The maximum atomic E-state index is 6.33. The lowest BCUT2D eigenvalue weighted by Crippen LogP contribution is -2.21. The number of hydrogen-bond donors (Lipinski definition) is 1. The van der Waals surface area contributed by atoms with Crippen molar-refractivity contribution in [1.29, 1.82) is 0 Å². The fraction of sp³-hybridized carbons (Fsp3) is 0.429. The molecule has 0 saturated heterocycles. The maximum Gasteiger partial charge on any atom is 0.0595 e. The minimum atomic E-state index is 0.248. The van der Waals surface area contributed by atoms with Gasteiger partial charge in [-0.1, -0.05) is 49.7 Å². The second-order valence-electron chi connectivity index (χ2n) is 4.06. The zero-order valence-electron chi connectivity index (χ0n) is 10.4. The minimum Gasteiger partial charge on any atom is -0.310 e. The molecule has 0 radical (unpaired) electrons. The lowest BCUT2D eigenvalue weighted by atomic mass is 9.98. The first kappa shape index (κ1) is 14.7. The molecule has 1 nitrogen and oxygen atoms in total. The van der Waals surface area contributed by atoms with E-state index in [0.717, 1.165) is 34.4 Å². The molecule has 0 heterocycles. The third kappa shape index (κ3) is 4.13. The molecule has 0 aliphatic rings. The Balaban J connectivity index is 2.96. The van der Waals surface area contributed by atoms with E-state index in [0.29, 0.717) is 0 Å². The summed E-state index contributed by atoms with van der Waals surface area (Å²) >= 11 is 9.80. The molecule has 17 heavy (non-hydrogen) atoms. The molecule has 1 N–H and O–H groups in total. The Morgan fingerprint density at radius 1 is 1.47 bits per heavy atom. The molecule has 0 aliphatic heterocycles. The van der Waals surface area contributed by atoms with Crippen molar-refractivity contribution in [3.05, 3.63) is 45.4 Å². The van der Waals surface area contributed by atoms with Crippen LogP contribution in [0.4, 0.5) is 0 Å². The monoisotopic (exact) mass is 315 g/mol. The van der Waals surface area contributed by atoms with Crippen LogP contribution in [0.25, 0.3) is 0 Å². The van der Waals surface area contributed by atoms with Gasteiger partial charge in [0.25, 0.3) is 0 Å². The number of nitrogens with one attached hydrogen (secondary N) is 1. The Bertz CT molecular complexity index is 390. The molecule has 1 atom stereocenters. The predicted octanol–water partition coefficient (Wildman–Crippen LogP) is 5.11. The number of hydrogen-bond acceptors (Lipinski definition) is 1. The van der Waals surface area contributed by atoms with Crippen LogP contribution >= 0.6 is 27.5 Å². The highest BCUT2D eigenvalue weighted by molar-refractivity contribution is 9.10. The van der Waals surface area contributed by atoms with Crippen molar-refractivity contribution < 1.29 is 0 Å². The topological polar surface area (TPSA) is 12.0 Å². The van der Waals surface area contributed by atoms with Crippen LogP contribution in [0.1, 0.15) is 38.3 Å². The molecule has 94 valence electrons. The van der Waals surface area contributed by atoms with Crippen molar-refractivity contribution in [3.63, 3.8) is 0 Å². The second-order valence-corrected chi connectivity index (χ2v) is 5.29. The summed E-state index contributed by atoms with van der Waals surface area (Å²) in [4.78, 5) is 0. The summed E-state index contributed by atoms with van der Waals surface area (Å²) in [7, 11) is 0. The SMILES string of the molecule is C=C(CC)CC(NCC)c1cccc(Br)c1Cl. The van der Waals surface area contributed by atoms with Crippen LogP contribution in [0.3, 0.4) is 0 Å². The zero-order chi connectivity index (χ0) is 12.8. The summed E-state index contributed by atoms with van der Waals surface area (Å²) in [6, 6.07) is 6.30. The van der Waals surface area contributed by atoms with E-state index < -0.39 is 0 Å². The third-order valence-electron chi connectivity index (χ3n) is 2.80. The van der Waals surface area contributed by atoms with Gasteiger partial charge in [0.05, 0.1) is 5.02 Å². The van der Waals surface area contributed by atoms with Crippen LogP contribution in [0.2, 0.25) is 5.02 Å². The lowest BCUT2D eigenvalue weighted by Gasteiger charge is -2.21. The molecule has 1 rings (SSSR count). The van der Waals surface area contributed by atoms with E-state index in [9.17, 15) is 0 Å². The van der Waals surface area contributed by atoms with Gasteiger partial charge >= 0.3 is 0 Å². The van der Waals surface area contributed by atoms with E-state index in [2.05, 4.69) is 47.7 Å². The van der Waals surface area contributed by atoms with Crippen LogP contribution in [0.15, 0.2) is 34.8 Å². The van der Waals surface area contributed by atoms with Crippen LogP contribution in [0, 0.1) is 0 Å². The van der Waals surface area contributed by atoms with Gasteiger partial charge in [-0.15, -0.1) is 0 Å². The van der Waals surface area contributed by atoms with Gasteiger partial charge in [-0.25, -0.2) is 0 Å². The van der Waals surface area contributed by atoms with Gasteiger partial charge in [0.1, 0.15) is 0 Å². The molecule has 0 aromatic heterocycles. The summed E-state index contributed by atoms with van der Waals surface area (Å²) in [5.74, 6) is 0. The van der Waals surface area contributed by atoms with E-state index in [1.165, 1.54) is 5.57 Å². The van der Waals surface area contributed by atoms with Gasteiger partial charge in [-0.2, -0.15) is 0 Å². The highest BCUT2D eigenvalue weighted by atomic mass is 79.9. The Morgan fingerprint density at radius 3 is 2.76 bits per heavy atom. The second kappa shape index (κ2) is 7.20. The molecule has 0 saturated carbocycles. The minimum absolute atomic E-state index is 0.248. The maximum absolute atomic E-state index is 6.33. The number of benzene rings is 1. The fourth-order valence-corrected chi connectivity index (χ4v) is 2.40. The smallest absolute Gasteiger partial charge is 0.0595 e. The molecule has 0 aliphatic carbocycles. The summed E-state index contributed by atoms with van der Waals surface area (Å²) in [6.45, 7) is 9.24. The Labute approximate surface area is 117 Å². The molecule has 1 aromatic rings. The number of halogens is 2. The van der Waals surface area contributed by atoms with Gasteiger partial charge in [-0.3, -0.25) is 0 Å². The van der Waals surface area contributed by atoms with Crippen molar-refractivity contribution in [2.45, 2.75) is 32.7 Å². The summed E-state index contributed by atoms with van der Waals surface area (Å²) in [6.07, 6.45) is 1.94. The molecule has 0 fully saturated rings. The molecule has 1 unspecified atom stereocenters. The van der Waals surface area contributed by atoms with Crippen molar-refractivity contribution >= 4 is 27.5 Å². The molecular weight excluding hydrogens is 298 g/mol. The van der Waals surface area contributed by atoms with Gasteiger partial charge in [0.2, 0.25) is 0 Å². The highest BCUT2D eigenvalue weighted by Gasteiger charge is 2.15. The first-order valence-corrected chi connectivity index (χ1v) is 7.11. The van der Waals surface area contributed by atoms with E-state index in [4.69, 9.17) is 11.6 Å². The first-order chi connectivity index (χ1) is 8.10. The quantitative estimate of drug-likeness (QED) is 0.719. The molecule has 0 bridgehead atoms. The van der Waals surface area contributed by atoms with Gasteiger partial charge in [0, 0.05) is 10.5 Å². The summed E-state index contributed by atoms with van der Waals surface area (Å²) in [5.41, 5.74) is 2.38. The molecular formula is C14H19BrClN. The number of rotatable bonds is 6. The Hall–Kier alpha value is -0.310. The van der Waals surface area contributed by atoms with Crippen LogP contribution < -0.4 is 5.32 Å². The molecule has 3 heteroatoms. The normalized spacial score (nSPS) is 12.5. The van der Waals surface area contributed by atoms with Crippen molar-refractivity contribution in [3.8, 4) is 0 Å². The molecule has 0 spiro atoms. The largest absolute Gasteiger partial charge is 0.310 e. The fourth-order valence-electron chi connectivity index (χ4n) is 1.76.